The van der Waals surface area contributed by atoms with E-state index in [9.17, 15) is 13.2 Å². The number of rotatable bonds is 7. The Morgan fingerprint density at radius 3 is 2.43 bits per heavy atom. The van der Waals surface area contributed by atoms with Crippen LogP contribution in [0.4, 0.5) is 0 Å². The van der Waals surface area contributed by atoms with Crippen molar-refractivity contribution in [2.45, 2.75) is 19.4 Å². The first kappa shape index (κ1) is 17.2. The van der Waals surface area contributed by atoms with Gasteiger partial charge in [0.1, 0.15) is 5.76 Å². The van der Waals surface area contributed by atoms with Crippen LogP contribution < -0.4 is 0 Å². The maximum atomic E-state index is 12.4. The van der Waals surface area contributed by atoms with Crippen molar-refractivity contribution in [2.24, 2.45) is 0 Å². The minimum Gasteiger partial charge on any atom is -0.475 e. The van der Waals surface area contributed by atoms with Crippen LogP contribution in [0.2, 0.25) is 0 Å². The Morgan fingerprint density at radius 1 is 1.22 bits per heavy atom. The summed E-state index contributed by atoms with van der Waals surface area (Å²) in [6.45, 7) is 1.85. The zero-order valence-electron chi connectivity index (χ0n) is 13.0. The van der Waals surface area contributed by atoms with Gasteiger partial charge in [-0.05, 0) is 23.6 Å². The first-order valence-corrected chi connectivity index (χ1v) is 8.71. The van der Waals surface area contributed by atoms with Crippen LogP contribution in [-0.2, 0) is 16.6 Å². The van der Waals surface area contributed by atoms with Gasteiger partial charge in [-0.1, -0.05) is 37.3 Å². The van der Waals surface area contributed by atoms with Crippen molar-refractivity contribution >= 4 is 16.0 Å². The molecule has 0 aliphatic heterocycles. The zero-order chi connectivity index (χ0) is 17.0. The number of carboxylic acid groups (broad SMARTS) is 1. The third kappa shape index (κ3) is 4.43. The van der Waals surface area contributed by atoms with E-state index >= 15 is 0 Å². The van der Waals surface area contributed by atoms with Crippen molar-refractivity contribution in [1.29, 1.82) is 0 Å². The highest BCUT2D eigenvalue weighted by Gasteiger charge is 2.23. The molecule has 0 saturated carbocycles. The summed E-state index contributed by atoms with van der Waals surface area (Å²) in [6.07, 6.45) is 0. The second-order valence-electron chi connectivity index (χ2n) is 5.42. The van der Waals surface area contributed by atoms with Crippen LogP contribution in [0, 0.1) is 0 Å². The number of furan rings is 1. The third-order valence-corrected chi connectivity index (χ3v) is 5.56. The molecule has 1 N–H and O–H groups in total. The molecule has 1 atom stereocenters. The van der Waals surface area contributed by atoms with E-state index in [1.807, 2.05) is 37.3 Å². The molecule has 0 fully saturated rings. The van der Waals surface area contributed by atoms with Gasteiger partial charge in [-0.15, -0.1) is 0 Å². The van der Waals surface area contributed by atoms with Gasteiger partial charge >= 0.3 is 5.97 Å². The molecule has 23 heavy (non-hydrogen) atoms. The van der Waals surface area contributed by atoms with Gasteiger partial charge in [0, 0.05) is 7.05 Å². The summed E-state index contributed by atoms with van der Waals surface area (Å²) < 4.78 is 31.1. The van der Waals surface area contributed by atoms with Crippen LogP contribution in [0.1, 0.15) is 34.7 Å². The zero-order valence-corrected chi connectivity index (χ0v) is 13.8. The Hall–Kier alpha value is -2.12. The molecule has 2 aromatic rings. The fraction of sp³-hybridized carbons (Fsp3) is 0.312. The van der Waals surface area contributed by atoms with Gasteiger partial charge in [0.15, 0.2) is 0 Å². The van der Waals surface area contributed by atoms with Gasteiger partial charge in [0.25, 0.3) is 0 Å². The second-order valence-corrected chi connectivity index (χ2v) is 7.54. The van der Waals surface area contributed by atoms with Crippen molar-refractivity contribution in [1.82, 2.24) is 4.31 Å². The van der Waals surface area contributed by atoms with Gasteiger partial charge in [0.2, 0.25) is 15.8 Å². The molecule has 1 aromatic carbocycles. The summed E-state index contributed by atoms with van der Waals surface area (Å²) in [5.41, 5.74) is 0.954. The summed E-state index contributed by atoms with van der Waals surface area (Å²) in [4.78, 5) is 10.8. The average molecular weight is 337 g/mol. The molecule has 0 bridgehead atoms. The molecule has 7 heteroatoms. The van der Waals surface area contributed by atoms with Gasteiger partial charge in [-0.2, -0.15) is 4.31 Å². The number of hydrogen-bond donors (Lipinski definition) is 1. The number of nitrogens with zero attached hydrogens (tertiary/aromatic N) is 1. The van der Waals surface area contributed by atoms with Crippen LogP contribution in [0.3, 0.4) is 0 Å². The number of carboxylic acids is 1. The molecular weight excluding hydrogens is 318 g/mol. The molecule has 1 aromatic heterocycles. The molecule has 0 radical (unpaired) electrons. The number of aromatic carboxylic acids is 1. The van der Waals surface area contributed by atoms with Crippen LogP contribution in [0.15, 0.2) is 46.9 Å². The number of carbonyl (C=O) groups is 1. The van der Waals surface area contributed by atoms with E-state index in [1.54, 1.807) is 0 Å². The lowest BCUT2D eigenvalue weighted by molar-refractivity contribution is 0.0659. The monoisotopic (exact) mass is 337 g/mol. The topological polar surface area (TPSA) is 87.8 Å². The normalized spacial score (nSPS) is 13.2. The maximum Gasteiger partial charge on any atom is 0.371 e. The van der Waals surface area contributed by atoms with E-state index in [0.29, 0.717) is 5.76 Å². The summed E-state index contributed by atoms with van der Waals surface area (Å²) in [6, 6.07) is 12.2. The van der Waals surface area contributed by atoms with Crippen molar-refractivity contribution in [3.63, 3.8) is 0 Å². The van der Waals surface area contributed by atoms with E-state index in [-0.39, 0.29) is 24.0 Å². The lowest BCUT2D eigenvalue weighted by Crippen LogP contribution is -2.30. The molecule has 124 valence electrons. The summed E-state index contributed by atoms with van der Waals surface area (Å²) in [5.74, 6) is -1.27. The van der Waals surface area contributed by atoms with Crippen LogP contribution in [0.25, 0.3) is 0 Å². The summed E-state index contributed by atoms with van der Waals surface area (Å²) >= 11 is 0. The van der Waals surface area contributed by atoms with Crippen molar-refractivity contribution in [3.8, 4) is 0 Å². The lowest BCUT2D eigenvalue weighted by Gasteiger charge is -2.19. The predicted molar refractivity (Wildman–Crippen MR) is 85.8 cm³/mol. The van der Waals surface area contributed by atoms with E-state index in [0.717, 1.165) is 5.56 Å². The standard InChI is InChI=1S/C16H19NO5S/c1-12(13-6-4-3-5-7-13)11-23(20,21)17(2)10-14-8-9-15(22-14)16(18)19/h3-9,12H,10-11H2,1-2H3,(H,18,19). The van der Waals surface area contributed by atoms with Crippen molar-refractivity contribution < 1.29 is 22.7 Å². The highest BCUT2D eigenvalue weighted by molar-refractivity contribution is 7.89. The maximum absolute atomic E-state index is 12.4. The van der Waals surface area contributed by atoms with Crippen LogP contribution in [-0.4, -0.2) is 36.6 Å². The molecule has 0 aliphatic carbocycles. The Morgan fingerprint density at radius 2 is 1.87 bits per heavy atom. The molecule has 0 amide bonds. The Balaban J connectivity index is 2.04. The fourth-order valence-corrected chi connectivity index (χ4v) is 3.62. The summed E-state index contributed by atoms with van der Waals surface area (Å²) in [7, 11) is -2.04. The Labute approximate surface area is 135 Å². The lowest BCUT2D eigenvalue weighted by atomic mass is 10.0. The van der Waals surface area contributed by atoms with Crippen LogP contribution in [0.5, 0.6) is 0 Å². The summed E-state index contributed by atoms with van der Waals surface area (Å²) in [5, 5.41) is 8.81. The average Bonchev–Trinajstić information content (AvgIpc) is 2.96. The largest absolute Gasteiger partial charge is 0.475 e. The molecule has 2 rings (SSSR count). The van der Waals surface area contributed by atoms with Gasteiger partial charge < -0.3 is 9.52 Å². The first-order chi connectivity index (χ1) is 10.8. The first-order valence-electron chi connectivity index (χ1n) is 7.10. The molecule has 1 heterocycles. The number of sulfonamides is 1. The molecule has 6 nitrogen and oxygen atoms in total. The SMILES string of the molecule is CC(CS(=O)(=O)N(C)Cc1ccc(C(=O)O)o1)c1ccccc1. The molecular formula is C16H19NO5S. The number of hydrogen-bond acceptors (Lipinski definition) is 4. The quantitative estimate of drug-likeness (QED) is 0.839. The Kier molecular flexibility index (Phi) is 5.23. The Bertz CT molecular complexity index is 767. The van der Waals surface area contributed by atoms with Gasteiger partial charge in [0.05, 0.1) is 12.3 Å². The third-order valence-electron chi connectivity index (χ3n) is 3.56. The molecule has 0 saturated heterocycles. The fourth-order valence-electron chi connectivity index (χ4n) is 2.22. The van der Waals surface area contributed by atoms with Gasteiger partial charge in [-0.3, -0.25) is 0 Å². The minimum absolute atomic E-state index is 0.00285. The smallest absolute Gasteiger partial charge is 0.371 e. The highest BCUT2D eigenvalue weighted by atomic mass is 32.2. The van der Waals surface area contributed by atoms with Crippen molar-refractivity contribution in [2.75, 3.05) is 12.8 Å². The van der Waals surface area contributed by atoms with E-state index in [1.165, 1.54) is 23.5 Å². The predicted octanol–water partition coefficient (Wildman–Crippen LogP) is 2.54. The van der Waals surface area contributed by atoms with Crippen LogP contribution >= 0.6 is 0 Å². The molecule has 0 aliphatic rings. The van der Waals surface area contributed by atoms with E-state index in [2.05, 4.69) is 0 Å². The highest BCUT2D eigenvalue weighted by Crippen LogP contribution is 2.19. The molecule has 1 unspecified atom stereocenters. The van der Waals surface area contributed by atoms with Gasteiger partial charge in [-0.25, -0.2) is 13.2 Å². The van der Waals surface area contributed by atoms with Crippen molar-refractivity contribution in [3.05, 3.63) is 59.5 Å². The molecule has 0 spiro atoms. The van der Waals surface area contributed by atoms with E-state index in [4.69, 9.17) is 9.52 Å². The minimum atomic E-state index is -3.49. The second kappa shape index (κ2) is 6.97. The number of benzene rings is 1. The van der Waals surface area contributed by atoms with E-state index < -0.39 is 16.0 Å².